The predicted octanol–water partition coefficient (Wildman–Crippen LogP) is 2.74. The van der Waals surface area contributed by atoms with Crippen LogP contribution in [-0.4, -0.2) is 23.3 Å². The second-order valence-corrected chi connectivity index (χ2v) is 5.49. The zero-order valence-corrected chi connectivity index (χ0v) is 10.5. The first kappa shape index (κ1) is 11.1. The second-order valence-electron chi connectivity index (χ2n) is 5.49. The average molecular weight is 231 g/mol. The maximum Gasteiger partial charge on any atom is 0.0718 e. The standard InChI is InChI=1S/C15H21NO/c1-11(17)15-10-12-6-2-5-9-14(12)16(15)13-7-3-4-8-13/h2,5-6,9,11,13,15,17H,3-4,7-8,10H2,1H3. The summed E-state index contributed by atoms with van der Waals surface area (Å²) in [6, 6.07) is 9.59. The van der Waals surface area contributed by atoms with Crippen LogP contribution in [0.4, 0.5) is 5.69 Å². The van der Waals surface area contributed by atoms with Gasteiger partial charge in [-0.05, 0) is 37.8 Å². The zero-order valence-electron chi connectivity index (χ0n) is 10.5. The molecule has 2 nitrogen and oxygen atoms in total. The van der Waals surface area contributed by atoms with Crippen LogP contribution < -0.4 is 4.90 Å². The fraction of sp³-hybridized carbons (Fsp3) is 0.600. The summed E-state index contributed by atoms with van der Waals surface area (Å²) < 4.78 is 0. The van der Waals surface area contributed by atoms with Gasteiger partial charge in [-0.2, -0.15) is 0 Å². The lowest BCUT2D eigenvalue weighted by molar-refractivity contribution is 0.158. The van der Waals surface area contributed by atoms with Crippen molar-refractivity contribution in [2.75, 3.05) is 4.90 Å². The molecule has 1 saturated carbocycles. The van der Waals surface area contributed by atoms with E-state index < -0.39 is 0 Å². The third kappa shape index (κ3) is 1.85. The Bertz CT molecular complexity index is 396. The lowest BCUT2D eigenvalue weighted by atomic mass is 10.1. The molecule has 2 aliphatic rings. The topological polar surface area (TPSA) is 23.5 Å². The molecule has 0 amide bonds. The molecule has 1 aliphatic carbocycles. The van der Waals surface area contributed by atoms with Gasteiger partial charge in [-0.25, -0.2) is 0 Å². The number of rotatable bonds is 2. The van der Waals surface area contributed by atoms with E-state index in [9.17, 15) is 5.11 Å². The van der Waals surface area contributed by atoms with Crippen LogP contribution in [0.15, 0.2) is 24.3 Å². The van der Waals surface area contributed by atoms with Gasteiger partial charge in [0.25, 0.3) is 0 Å². The average Bonchev–Trinajstić information content (AvgIpc) is 2.94. The van der Waals surface area contributed by atoms with Crippen molar-refractivity contribution in [2.24, 2.45) is 0 Å². The van der Waals surface area contributed by atoms with Gasteiger partial charge >= 0.3 is 0 Å². The van der Waals surface area contributed by atoms with Crippen LogP contribution in [0.3, 0.4) is 0 Å². The third-order valence-electron chi connectivity index (χ3n) is 4.33. The predicted molar refractivity (Wildman–Crippen MR) is 70.3 cm³/mol. The van der Waals surface area contributed by atoms with E-state index >= 15 is 0 Å². The van der Waals surface area contributed by atoms with Gasteiger partial charge in [-0.3, -0.25) is 0 Å². The highest BCUT2D eigenvalue weighted by molar-refractivity contribution is 5.60. The molecule has 1 aromatic carbocycles. The summed E-state index contributed by atoms with van der Waals surface area (Å²) in [6.07, 6.45) is 6.02. The molecule has 1 fully saturated rings. The molecule has 0 radical (unpaired) electrons. The van der Waals surface area contributed by atoms with Gasteiger partial charge in [0.2, 0.25) is 0 Å². The number of hydrogen-bond donors (Lipinski definition) is 1. The summed E-state index contributed by atoms with van der Waals surface area (Å²) in [4.78, 5) is 2.51. The Morgan fingerprint density at radius 3 is 2.65 bits per heavy atom. The van der Waals surface area contributed by atoms with Gasteiger partial charge in [0.05, 0.1) is 12.1 Å². The quantitative estimate of drug-likeness (QED) is 0.846. The van der Waals surface area contributed by atoms with E-state index in [0.29, 0.717) is 6.04 Å². The van der Waals surface area contributed by atoms with Crippen LogP contribution in [0.25, 0.3) is 0 Å². The molecular formula is C15H21NO. The first-order valence-electron chi connectivity index (χ1n) is 6.81. The summed E-state index contributed by atoms with van der Waals surface area (Å²) in [5.41, 5.74) is 2.77. The Hall–Kier alpha value is -1.02. The molecule has 2 atom stereocenters. The van der Waals surface area contributed by atoms with Crippen LogP contribution in [0.5, 0.6) is 0 Å². The Morgan fingerprint density at radius 1 is 1.24 bits per heavy atom. The Labute approximate surface area is 103 Å². The van der Waals surface area contributed by atoms with Crippen molar-refractivity contribution in [1.29, 1.82) is 0 Å². The number of aliphatic hydroxyl groups is 1. The molecule has 3 rings (SSSR count). The highest BCUT2D eigenvalue weighted by atomic mass is 16.3. The minimum Gasteiger partial charge on any atom is -0.391 e. The Kier molecular flexibility index (Phi) is 2.83. The molecule has 1 aromatic rings. The second kappa shape index (κ2) is 4.34. The van der Waals surface area contributed by atoms with E-state index in [-0.39, 0.29) is 12.1 Å². The molecule has 2 unspecified atom stereocenters. The third-order valence-corrected chi connectivity index (χ3v) is 4.33. The number of benzene rings is 1. The fourth-order valence-electron chi connectivity index (χ4n) is 3.49. The smallest absolute Gasteiger partial charge is 0.0718 e. The van der Waals surface area contributed by atoms with Crippen LogP contribution in [0.2, 0.25) is 0 Å². The lowest BCUT2D eigenvalue weighted by Crippen LogP contribution is -2.45. The normalized spacial score (nSPS) is 26.2. The first-order valence-corrected chi connectivity index (χ1v) is 6.81. The van der Waals surface area contributed by atoms with E-state index in [1.54, 1.807) is 0 Å². The molecule has 2 heteroatoms. The van der Waals surface area contributed by atoms with Crippen LogP contribution in [-0.2, 0) is 6.42 Å². The maximum atomic E-state index is 10.0. The molecule has 0 aromatic heterocycles. The van der Waals surface area contributed by atoms with Crippen molar-refractivity contribution >= 4 is 5.69 Å². The highest BCUT2D eigenvalue weighted by Crippen LogP contribution is 2.39. The van der Waals surface area contributed by atoms with Crippen molar-refractivity contribution in [3.63, 3.8) is 0 Å². The molecule has 1 aliphatic heterocycles. The van der Waals surface area contributed by atoms with Crippen LogP contribution in [0, 0.1) is 0 Å². The van der Waals surface area contributed by atoms with E-state index in [1.165, 1.54) is 36.9 Å². The van der Waals surface area contributed by atoms with Crippen LogP contribution in [0.1, 0.15) is 38.2 Å². The minimum atomic E-state index is -0.247. The van der Waals surface area contributed by atoms with Crippen molar-refractivity contribution in [1.82, 2.24) is 0 Å². The minimum absolute atomic E-state index is 0.247. The fourth-order valence-corrected chi connectivity index (χ4v) is 3.49. The van der Waals surface area contributed by atoms with Gasteiger partial charge in [-0.1, -0.05) is 31.0 Å². The summed E-state index contributed by atoms with van der Waals surface area (Å²) in [7, 11) is 0. The Morgan fingerprint density at radius 2 is 1.94 bits per heavy atom. The number of para-hydroxylation sites is 1. The molecule has 0 bridgehead atoms. The molecule has 0 spiro atoms. The molecule has 92 valence electrons. The van der Waals surface area contributed by atoms with Gasteiger partial charge in [0.15, 0.2) is 0 Å². The number of aliphatic hydroxyl groups excluding tert-OH is 1. The molecule has 17 heavy (non-hydrogen) atoms. The maximum absolute atomic E-state index is 10.0. The summed E-state index contributed by atoms with van der Waals surface area (Å²) in [5, 5.41) is 10.0. The summed E-state index contributed by atoms with van der Waals surface area (Å²) in [5.74, 6) is 0. The van der Waals surface area contributed by atoms with Crippen molar-refractivity contribution in [2.45, 2.75) is 57.2 Å². The molecule has 0 saturated heterocycles. The van der Waals surface area contributed by atoms with Crippen molar-refractivity contribution in [3.05, 3.63) is 29.8 Å². The highest BCUT2D eigenvalue weighted by Gasteiger charge is 2.37. The lowest BCUT2D eigenvalue weighted by Gasteiger charge is -2.35. The number of anilines is 1. The van der Waals surface area contributed by atoms with Gasteiger partial charge < -0.3 is 10.0 Å². The van der Waals surface area contributed by atoms with Crippen molar-refractivity contribution < 1.29 is 5.11 Å². The van der Waals surface area contributed by atoms with Gasteiger partial charge in [-0.15, -0.1) is 0 Å². The summed E-state index contributed by atoms with van der Waals surface area (Å²) >= 11 is 0. The van der Waals surface area contributed by atoms with Gasteiger partial charge in [0, 0.05) is 11.7 Å². The first-order chi connectivity index (χ1) is 8.27. The van der Waals surface area contributed by atoms with Crippen molar-refractivity contribution in [3.8, 4) is 0 Å². The van der Waals surface area contributed by atoms with E-state index in [2.05, 4.69) is 29.2 Å². The molecule has 1 heterocycles. The van der Waals surface area contributed by atoms with E-state index in [4.69, 9.17) is 0 Å². The zero-order chi connectivity index (χ0) is 11.8. The monoisotopic (exact) mass is 231 g/mol. The number of fused-ring (bicyclic) bond motifs is 1. The van der Waals surface area contributed by atoms with E-state index in [1.807, 2.05) is 6.92 Å². The Balaban J connectivity index is 1.95. The van der Waals surface area contributed by atoms with Gasteiger partial charge in [0.1, 0.15) is 0 Å². The molecular weight excluding hydrogens is 210 g/mol. The SMILES string of the molecule is CC(O)C1Cc2ccccc2N1C1CCCC1. The number of nitrogens with zero attached hydrogens (tertiary/aromatic N) is 1. The summed E-state index contributed by atoms with van der Waals surface area (Å²) in [6.45, 7) is 1.93. The van der Waals surface area contributed by atoms with E-state index in [0.717, 1.165) is 6.42 Å². The number of hydrogen-bond acceptors (Lipinski definition) is 2. The van der Waals surface area contributed by atoms with Crippen LogP contribution >= 0.6 is 0 Å². The largest absolute Gasteiger partial charge is 0.391 e. The molecule has 1 N–H and O–H groups in total.